The molecular formula is C21H20N2O3S. The fourth-order valence-electron chi connectivity index (χ4n) is 2.61. The molecular weight excluding hydrogens is 360 g/mol. The molecule has 1 fully saturated rings. The average Bonchev–Trinajstić information content (AvgIpc) is 2.95. The van der Waals surface area contributed by atoms with Crippen LogP contribution < -0.4 is 19.7 Å². The molecule has 1 heterocycles. The minimum absolute atomic E-state index is 0.198. The van der Waals surface area contributed by atoms with E-state index in [4.69, 9.17) is 21.7 Å². The Labute approximate surface area is 163 Å². The molecule has 1 amide bonds. The summed E-state index contributed by atoms with van der Waals surface area (Å²) < 4.78 is 10.9. The zero-order chi connectivity index (χ0) is 19.2. The van der Waals surface area contributed by atoms with E-state index >= 15 is 0 Å². The van der Waals surface area contributed by atoms with Crippen LogP contribution >= 0.6 is 12.2 Å². The predicted molar refractivity (Wildman–Crippen MR) is 111 cm³/mol. The lowest BCUT2D eigenvalue weighted by molar-refractivity contribution is -0.113. The van der Waals surface area contributed by atoms with Crippen LogP contribution in [0.3, 0.4) is 0 Å². The van der Waals surface area contributed by atoms with Gasteiger partial charge in [0.2, 0.25) is 0 Å². The van der Waals surface area contributed by atoms with Crippen molar-refractivity contribution in [1.29, 1.82) is 0 Å². The largest absolute Gasteiger partial charge is 0.494 e. The summed E-state index contributed by atoms with van der Waals surface area (Å²) in [6.07, 6.45) is 3.45. The van der Waals surface area contributed by atoms with Gasteiger partial charge in [0, 0.05) is 0 Å². The molecule has 1 saturated heterocycles. The molecule has 0 spiro atoms. The first-order chi connectivity index (χ1) is 13.1. The highest BCUT2D eigenvalue weighted by Gasteiger charge is 2.31. The number of anilines is 1. The number of thiocarbonyl (C=S) groups is 1. The lowest BCUT2D eigenvalue weighted by atomic mass is 10.2. The molecule has 0 aliphatic carbocycles. The molecule has 0 unspecified atom stereocenters. The fourth-order valence-corrected chi connectivity index (χ4v) is 2.91. The first-order valence-corrected chi connectivity index (χ1v) is 8.97. The van der Waals surface area contributed by atoms with Gasteiger partial charge in [0.05, 0.1) is 12.3 Å². The van der Waals surface area contributed by atoms with Crippen molar-refractivity contribution in [1.82, 2.24) is 5.32 Å². The zero-order valence-electron chi connectivity index (χ0n) is 15.0. The standard InChI is InChI=1S/C21H20N2O3S/c1-3-13-26-18-9-5-15(6-10-18)14-19-20(24)23(21(27)22-19)16-7-11-17(12-8-16)25-4-2/h3,5-12,14H,1,4,13H2,2H3,(H,22,27)/b19-14-. The Hall–Kier alpha value is -3.12. The molecule has 3 rings (SSSR count). The SMILES string of the molecule is C=CCOc1ccc(/C=C2\NC(=S)N(c3ccc(OCC)cc3)C2=O)cc1. The molecule has 1 N–H and O–H groups in total. The van der Waals surface area contributed by atoms with E-state index in [-0.39, 0.29) is 5.91 Å². The normalized spacial score (nSPS) is 15.0. The van der Waals surface area contributed by atoms with E-state index in [1.807, 2.05) is 55.5 Å². The summed E-state index contributed by atoms with van der Waals surface area (Å²) in [5, 5.41) is 3.33. The fraction of sp³-hybridized carbons (Fsp3) is 0.143. The van der Waals surface area contributed by atoms with Crippen molar-refractivity contribution in [3.05, 3.63) is 72.4 Å². The average molecular weight is 380 g/mol. The molecule has 0 atom stereocenters. The number of benzene rings is 2. The summed E-state index contributed by atoms with van der Waals surface area (Å²) >= 11 is 5.34. The Balaban J connectivity index is 1.76. The number of hydrogen-bond donors (Lipinski definition) is 1. The molecule has 1 aliphatic rings. The number of carbonyl (C=O) groups excluding carboxylic acids is 1. The van der Waals surface area contributed by atoms with Crippen LogP contribution in [-0.2, 0) is 4.79 Å². The van der Waals surface area contributed by atoms with Gasteiger partial charge in [0.25, 0.3) is 5.91 Å². The number of carbonyl (C=O) groups is 1. The first kappa shape index (κ1) is 18.7. The maximum absolute atomic E-state index is 12.8. The summed E-state index contributed by atoms with van der Waals surface area (Å²) in [4.78, 5) is 14.3. The maximum atomic E-state index is 12.8. The molecule has 6 heteroatoms. The van der Waals surface area contributed by atoms with Crippen LogP contribution in [0.1, 0.15) is 12.5 Å². The molecule has 2 aromatic carbocycles. The van der Waals surface area contributed by atoms with Crippen LogP contribution in [0.25, 0.3) is 6.08 Å². The quantitative estimate of drug-likeness (QED) is 0.448. The number of rotatable bonds is 7. The predicted octanol–water partition coefficient (Wildman–Crippen LogP) is 3.91. The highest BCUT2D eigenvalue weighted by atomic mass is 32.1. The molecule has 0 radical (unpaired) electrons. The van der Waals surface area contributed by atoms with Gasteiger partial charge in [0.15, 0.2) is 5.11 Å². The minimum atomic E-state index is -0.198. The van der Waals surface area contributed by atoms with Crippen LogP contribution in [0.4, 0.5) is 5.69 Å². The third-order valence-corrected chi connectivity index (χ3v) is 4.13. The van der Waals surface area contributed by atoms with Crippen molar-refractivity contribution in [2.75, 3.05) is 18.1 Å². The van der Waals surface area contributed by atoms with Gasteiger partial charge in [-0.1, -0.05) is 24.8 Å². The Bertz CT molecular complexity index is 873. The monoisotopic (exact) mass is 380 g/mol. The van der Waals surface area contributed by atoms with E-state index in [1.165, 1.54) is 4.90 Å². The van der Waals surface area contributed by atoms with Gasteiger partial charge >= 0.3 is 0 Å². The summed E-state index contributed by atoms with van der Waals surface area (Å²) in [6.45, 7) is 6.58. The van der Waals surface area contributed by atoms with Crippen LogP contribution in [-0.4, -0.2) is 24.2 Å². The molecule has 0 aromatic heterocycles. The van der Waals surface area contributed by atoms with Gasteiger partial charge in [-0.05, 0) is 67.2 Å². The van der Waals surface area contributed by atoms with Gasteiger partial charge in [0.1, 0.15) is 23.8 Å². The second-order valence-corrected chi connectivity index (χ2v) is 6.11. The summed E-state index contributed by atoms with van der Waals surface area (Å²) in [5.41, 5.74) is 1.99. The molecule has 27 heavy (non-hydrogen) atoms. The van der Waals surface area contributed by atoms with Crippen molar-refractivity contribution in [2.45, 2.75) is 6.92 Å². The third-order valence-electron chi connectivity index (χ3n) is 3.84. The number of hydrogen-bond acceptors (Lipinski definition) is 4. The van der Waals surface area contributed by atoms with E-state index in [9.17, 15) is 4.79 Å². The van der Waals surface area contributed by atoms with Crippen LogP contribution in [0.2, 0.25) is 0 Å². The third kappa shape index (κ3) is 4.35. The van der Waals surface area contributed by atoms with Gasteiger partial charge in [-0.15, -0.1) is 0 Å². The summed E-state index contributed by atoms with van der Waals surface area (Å²) in [5.74, 6) is 1.30. The van der Waals surface area contributed by atoms with E-state index < -0.39 is 0 Å². The van der Waals surface area contributed by atoms with Gasteiger partial charge in [-0.3, -0.25) is 9.69 Å². The van der Waals surface area contributed by atoms with Gasteiger partial charge in [-0.25, -0.2) is 0 Å². The lowest BCUT2D eigenvalue weighted by Gasteiger charge is -2.14. The van der Waals surface area contributed by atoms with E-state index in [1.54, 1.807) is 12.2 Å². The van der Waals surface area contributed by atoms with Crippen molar-refractivity contribution >= 4 is 35.0 Å². The molecule has 0 bridgehead atoms. The maximum Gasteiger partial charge on any atom is 0.281 e. The number of amides is 1. The second-order valence-electron chi connectivity index (χ2n) is 5.72. The Kier molecular flexibility index (Phi) is 5.88. The zero-order valence-corrected chi connectivity index (χ0v) is 15.8. The number of ether oxygens (including phenoxy) is 2. The van der Waals surface area contributed by atoms with Crippen molar-refractivity contribution < 1.29 is 14.3 Å². The Morgan fingerprint density at radius 3 is 2.33 bits per heavy atom. The van der Waals surface area contributed by atoms with Gasteiger partial charge < -0.3 is 14.8 Å². The lowest BCUT2D eigenvalue weighted by Crippen LogP contribution is -2.30. The first-order valence-electron chi connectivity index (χ1n) is 8.56. The summed E-state index contributed by atoms with van der Waals surface area (Å²) in [7, 11) is 0. The van der Waals surface area contributed by atoms with E-state index in [0.717, 1.165) is 17.1 Å². The Morgan fingerprint density at radius 1 is 1.07 bits per heavy atom. The minimum Gasteiger partial charge on any atom is -0.494 e. The Morgan fingerprint density at radius 2 is 1.70 bits per heavy atom. The highest BCUT2D eigenvalue weighted by molar-refractivity contribution is 7.80. The molecule has 2 aromatic rings. The number of nitrogens with zero attached hydrogens (tertiary/aromatic N) is 1. The van der Waals surface area contributed by atoms with Crippen LogP contribution in [0.15, 0.2) is 66.9 Å². The topological polar surface area (TPSA) is 50.8 Å². The van der Waals surface area contributed by atoms with E-state index in [2.05, 4.69) is 11.9 Å². The highest BCUT2D eigenvalue weighted by Crippen LogP contribution is 2.25. The summed E-state index contributed by atoms with van der Waals surface area (Å²) in [6, 6.07) is 14.7. The van der Waals surface area contributed by atoms with Crippen molar-refractivity contribution in [3.63, 3.8) is 0 Å². The molecule has 0 saturated carbocycles. The van der Waals surface area contributed by atoms with Crippen molar-refractivity contribution in [3.8, 4) is 11.5 Å². The van der Waals surface area contributed by atoms with Crippen LogP contribution in [0, 0.1) is 0 Å². The van der Waals surface area contributed by atoms with E-state index in [0.29, 0.717) is 29.7 Å². The van der Waals surface area contributed by atoms with Crippen LogP contribution in [0.5, 0.6) is 11.5 Å². The van der Waals surface area contributed by atoms with Gasteiger partial charge in [-0.2, -0.15) is 0 Å². The molecule has 138 valence electrons. The number of nitrogens with one attached hydrogen (secondary N) is 1. The molecule has 5 nitrogen and oxygen atoms in total. The smallest absolute Gasteiger partial charge is 0.281 e. The molecule has 1 aliphatic heterocycles. The second kappa shape index (κ2) is 8.51. The van der Waals surface area contributed by atoms with Crippen molar-refractivity contribution in [2.24, 2.45) is 0 Å².